The summed E-state index contributed by atoms with van der Waals surface area (Å²) in [6.07, 6.45) is 9.85. The van der Waals surface area contributed by atoms with Gasteiger partial charge in [0, 0.05) is 24.9 Å². The molecule has 1 aromatic carbocycles. The molecule has 1 aliphatic heterocycles. The summed E-state index contributed by atoms with van der Waals surface area (Å²) in [6, 6.07) is 11.9. The van der Waals surface area contributed by atoms with E-state index in [1.807, 2.05) is 0 Å². The van der Waals surface area contributed by atoms with Crippen molar-refractivity contribution in [2.24, 2.45) is 0 Å². The van der Waals surface area contributed by atoms with E-state index in [-0.39, 0.29) is 0 Å². The highest BCUT2D eigenvalue weighted by Gasteiger charge is 2.23. The molecule has 1 saturated heterocycles. The van der Waals surface area contributed by atoms with Crippen molar-refractivity contribution in [3.63, 3.8) is 0 Å². The second kappa shape index (κ2) is 8.82. The quantitative estimate of drug-likeness (QED) is 0.575. The molecule has 20 heavy (non-hydrogen) atoms. The summed E-state index contributed by atoms with van der Waals surface area (Å²) in [4.78, 5) is 0. The Hall–Kier alpha value is -1.26. The van der Waals surface area contributed by atoms with Crippen molar-refractivity contribution < 1.29 is 0 Å². The Morgan fingerprint density at radius 1 is 1.05 bits per heavy atom. The van der Waals surface area contributed by atoms with Gasteiger partial charge in [0.05, 0.1) is 0 Å². The van der Waals surface area contributed by atoms with Crippen molar-refractivity contribution in [1.82, 2.24) is 5.32 Å². The highest BCUT2D eigenvalue weighted by atomic mass is 15.0. The van der Waals surface area contributed by atoms with E-state index in [1.165, 1.54) is 44.1 Å². The molecule has 0 radical (unpaired) electrons. The zero-order chi connectivity index (χ0) is 14.0. The maximum Gasteiger partial charge on any atom is 0.0323 e. The lowest BCUT2D eigenvalue weighted by Gasteiger charge is -2.12. The highest BCUT2D eigenvalue weighted by Crippen LogP contribution is 2.27. The molecular formula is C19H27N. The second-order valence-corrected chi connectivity index (χ2v) is 5.77. The first kappa shape index (κ1) is 15.1. The van der Waals surface area contributed by atoms with Crippen molar-refractivity contribution in [1.29, 1.82) is 0 Å². The topological polar surface area (TPSA) is 12.0 Å². The van der Waals surface area contributed by atoms with Crippen molar-refractivity contribution in [2.75, 3.05) is 0 Å². The lowest BCUT2D eigenvalue weighted by atomic mass is 10.1. The fraction of sp³-hybridized carbons (Fsp3) is 0.579. The van der Waals surface area contributed by atoms with Gasteiger partial charge in [0.1, 0.15) is 0 Å². The van der Waals surface area contributed by atoms with Gasteiger partial charge in [-0.15, -0.1) is 11.8 Å². The summed E-state index contributed by atoms with van der Waals surface area (Å²) >= 11 is 0. The summed E-state index contributed by atoms with van der Waals surface area (Å²) in [5.74, 6) is 6.70. The third-order valence-corrected chi connectivity index (χ3v) is 4.07. The third kappa shape index (κ3) is 5.02. The molecule has 0 bridgehead atoms. The highest BCUT2D eigenvalue weighted by molar-refractivity contribution is 5.20. The largest absolute Gasteiger partial charge is 0.306 e. The van der Waals surface area contributed by atoms with Crippen LogP contribution in [0.15, 0.2) is 30.3 Å². The number of nitrogens with one attached hydrogen (secondary N) is 1. The number of benzene rings is 1. The normalized spacial score (nSPS) is 21.4. The predicted molar refractivity (Wildman–Crippen MR) is 86.5 cm³/mol. The maximum absolute atomic E-state index is 3.72. The van der Waals surface area contributed by atoms with E-state index in [9.17, 15) is 0 Å². The van der Waals surface area contributed by atoms with Gasteiger partial charge >= 0.3 is 0 Å². The molecule has 1 heterocycles. The Morgan fingerprint density at radius 3 is 2.70 bits per heavy atom. The number of hydrogen-bond donors (Lipinski definition) is 1. The number of rotatable bonds is 6. The Kier molecular flexibility index (Phi) is 6.68. The molecule has 1 nitrogen and oxygen atoms in total. The zero-order valence-corrected chi connectivity index (χ0v) is 12.7. The lowest BCUT2D eigenvalue weighted by Crippen LogP contribution is -2.23. The van der Waals surface area contributed by atoms with Crippen molar-refractivity contribution >= 4 is 0 Å². The minimum Gasteiger partial charge on any atom is -0.306 e. The van der Waals surface area contributed by atoms with Crippen LogP contribution in [0.2, 0.25) is 0 Å². The first-order chi connectivity index (χ1) is 9.90. The van der Waals surface area contributed by atoms with Crippen LogP contribution in [0.5, 0.6) is 0 Å². The lowest BCUT2D eigenvalue weighted by molar-refractivity contribution is 0.562. The molecule has 2 atom stereocenters. The van der Waals surface area contributed by atoms with E-state index in [4.69, 9.17) is 0 Å². The molecule has 1 heteroatoms. The molecule has 0 aromatic heterocycles. The van der Waals surface area contributed by atoms with Gasteiger partial charge in [0.2, 0.25) is 0 Å². The van der Waals surface area contributed by atoms with Crippen molar-refractivity contribution in [3.8, 4) is 11.8 Å². The van der Waals surface area contributed by atoms with E-state index >= 15 is 0 Å². The molecule has 108 valence electrons. The van der Waals surface area contributed by atoms with Gasteiger partial charge < -0.3 is 5.32 Å². The first-order valence-electron chi connectivity index (χ1n) is 8.17. The van der Waals surface area contributed by atoms with Gasteiger partial charge in [0.25, 0.3) is 0 Å². The second-order valence-electron chi connectivity index (χ2n) is 5.77. The van der Waals surface area contributed by atoms with E-state index in [1.54, 1.807) is 0 Å². The van der Waals surface area contributed by atoms with Crippen LogP contribution in [-0.2, 0) is 0 Å². The Balaban J connectivity index is 1.65. The molecule has 1 aliphatic rings. The number of hydrogen-bond acceptors (Lipinski definition) is 1. The minimum absolute atomic E-state index is 0.535. The molecular weight excluding hydrogens is 242 g/mol. The Morgan fingerprint density at radius 2 is 1.90 bits per heavy atom. The Bertz CT molecular complexity index is 426. The van der Waals surface area contributed by atoms with Gasteiger partial charge in [-0.05, 0) is 24.8 Å². The van der Waals surface area contributed by atoms with Crippen LogP contribution in [0, 0.1) is 11.8 Å². The van der Waals surface area contributed by atoms with Crippen LogP contribution >= 0.6 is 0 Å². The van der Waals surface area contributed by atoms with Crippen molar-refractivity contribution in [2.45, 2.75) is 70.4 Å². The molecule has 0 saturated carbocycles. The SMILES string of the molecule is CCCCCCC#CC[C@H]1CC[C@@H](c2ccccc2)N1. The van der Waals surface area contributed by atoms with E-state index < -0.39 is 0 Å². The first-order valence-corrected chi connectivity index (χ1v) is 8.17. The summed E-state index contributed by atoms with van der Waals surface area (Å²) in [5.41, 5.74) is 1.42. The summed E-state index contributed by atoms with van der Waals surface area (Å²) in [6.45, 7) is 2.25. The van der Waals surface area contributed by atoms with Crippen LogP contribution in [0.1, 0.15) is 69.9 Å². The van der Waals surface area contributed by atoms with E-state index in [0.717, 1.165) is 12.8 Å². The van der Waals surface area contributed by atoms with Gasteiger partial charge in [-0.25, -0.2) is 0 Å². The predicted octanol–water partition coefficient (Wildman–Crippen LogP) is 4.84. The molecule has 0 unspecified atom stereocenters. The van der Waals surface area contributed by atoms with Gasteiger partial charge in [-0.1, -0.05) is 56.5 Å². The summed E-state index contributed by atoms with van der Waals surface area (Å²) < 4.78 is 0. The van der Waals surface area contributed by atoms with Crippen LogP contribution < -0.4 is 5.32 Å². The molecule has 1 aromatic rings. The summed E-state index contributed by atoms with van der Waals surface area (Å²) in [7, 11) is 0. The van der Waals surface area contributed by atoms with Gasteiger partial charge in [-0.3, -0.25) is 0 Å². The van der Waals surface area contributed by atoms with Crippen molar-refractivity contribution in [3.05, 3.63) is 35.9 Å². The van der Waals surface area contributed by atoms with Gasteiger partial charge in [-0.2, -0.15) is 0 Å². The molecule has 2 rings (SSSR count). The van der Waals surface area contributed by atoms with E-state index in [0.29, 0.717) is 12.1 Å². The molecule has 1 fully saturated rings. The monoisotopic (exact) mass is 269 g/mol. The maximum atomic E-state index is 3.72. The van der Waals surface area contributed by atoms with Crippen LogP contribution in [0.25, 0.3) is 0 Å². The molecule has 0 amide bonds. The minimum atomic E-state index is 0.535. The number of unbranched alkanes of at least 4 members (excludes halogenated alkanes) is 4. The average molecular weight is 269 g/mol. The fourth-order valence-corrected chi connectivity index (χ4v) is 2.85. The molecule has 0 aliphatic carbocycles. The molecule has 0 spiro atoms. The fourth-order valence-electron chi connectivity index (χ4n) is 2.85. The van der Waals surface area contributed by atoms with E-state index in [2.05, 4.69) is 54.4 Å². The van der Waals surface area contributed by atoms with Crippen LogP contribution in [0.4, 0.5) is 0 Å². The molecule has 1 N–H and O–H groups in total. The third-order valence-electron chi connectivity index (χ3n) is 4.07. The zero-order valence-electron chi connectivity index (χ0n) is 12.7. The standard InChI is InChI=1S/C19H27N/c1-2-3-4-5-6-7-11-14-18-15-16-19(20-18)17-12-9-8-10-13-17/h8-10,12-13,18-20H,2-6,14-16H2,1H3/t18-,19-/m0/s1. The van der Waals surface area contributed by atoms with Crippen LogP contribution in [-0.4, -0.2) is 6.04 Å². The van der Waals surface area contributed by atoms with Gasteiger partial charge in [0.15, 0.2) is 0 Å². The van der Waals surface area contributed by atoms with Crippen LogP contribution in [0.3, 0.4) is 0 Å². The Labute approximate surface area is 124 Å². The average Bonchev–Trinajstić information content (AvgIpc) is 2.96. The smallest absolute Gasteiger partial charge is 0.0323 e. The summed E-state index contributed by atoms with van der Waals surface area (Å²) in [5, 5.41) is 3.72.